The van der Waals surface area contributed by atoms with Gasteiger partial charge in [0.15, 0.2) is 0 Å². The summed E-state index contributed by atoms with van der Waals surface area (Å²) in [5.41, 5.74) is 0.928. The Balaban J connectivity index is 2.39. The summed E-state index contributed by atoms with van der Waals surface area (Å²) in [5.74, 6) is 0.435. The van der Waals surface area contributed by atoms with E-state index in [1.165, 1.54) is 6.07 Å². The predicted octanol–water partition coefficient (Wildman–Crippen LogP) is 4.29. The fourth-order valence-corrected chi connectivity index (χ4v) is 1.89. The summed E-state index contributed by atoms with van der Waals surface area (Å²) in [4.78, 5) is 8.50. The van der Waals surface area contributed by atoms with E-state index in [4.69, 9.17) is 0 Å². The summed E-state index contributed by atoms with van der Waals surface area (Å²) < 4.78 is 38.3. The van der Waals surface area contributed by atoms with Crippen molar-refractivity contribution >= 4 is 5.95 Å². The van der Waals surface area contributed by atoms with Gasteiger partial charge in [0.25, 0.3) is 0 Å². The summed E-state index contributed by atoms with van der Waals surface area (Å²) in [7, 11) is 0. The van der Waals surface area contributed by atoms with Gasteiger partial charge in [-0.1, -0.05) is 19.1 Å². The van der Waals surface area contributed by atoms with Crippen LogP contribution in [0.4, 0.5) is 19.1 Å². The van der Waals surface area contributed by atoms with Crippen molar-refractivity contribution in [3.8, 4) is 11.3 Å². The topological polar surface area (TPSA) is 37.8 Å². The minimum absolute atomic E-state index is 0.426. The van der Waals surface area contributed by atoms with E-state index in [0.29, 0.717) is 29.4 Å². The van der Waals surface area contributed by atoms with Crippen LogP contribution in [0.1, 0.15) is 24.6 Å². The summed E-state index contributed by atoms with van der Waals surface area (Å²) in [6, 6.07) is 6.82. The van der Waals surface area contributed by atoms with Gasteiger partial charge < -0.3 is 5.32 Å². The van der Waals surface area contributed by atoms with E-state index >= 15 is 0 Å². The molecule has 2 aromatic rings. The first-order valence-corrected chi connectivity index (χ1v) is 6.67. The summed E-state index contributed by atoms with van der Waals surface area (Å²) in [6.45, 7) is 4.51. The molecule has 0 unspecified atom stereocenters. The van der Waals surface area contributed by atoms with Gasteiger partial charge in [0.1, 0.15) is 0 Å². The first kappa shape index (κ1) is 15.3. The Bertz CT molecular complexity index is 624. The molecule has 1 aromatic carbocycles. The van der Waals surface area contributed by atoms with Crippen LogP contribution in [0, 0.1) is 6.92 Å². The molecule has 0 bridgehead atoms. The zero-order valence-electron chi connectivity index (χ0n) is 11.8. The van der Waals surface area contributed by atoms with Crippen LogP contribution in [0.15, 0.2) is 30.3 Å². The number of alkyl halides is 3. The number of nitrogens with zero attached hydrogens (tertiary/aromatic N) is 2. The fourth-order valence-electron chi connectivity index (χ4n) is 1.89. The molecule has 1 N–H and O–H groups in total. The van der Waals surface area contributed by atoms with Crippen LogP contribution in [0.3, 0.4) is 0 Å². The molecule has 21 heavy (non-hydrogen) atoms. The second-order valence-corrected chi connectivity index (χ2v) is 4.72. The average Bonchev–Trinajstić information content (AvgIpc) is 2.44. The molecule has 0 aliphatic carbocycles. The number of nitrogens with one attached hydrogen (secondary N) is 1. The van der Waals surface area contributed by atoms with Crippen molar-refractivity contribution in [2.45, 2.75) is 26.4 Å². The molecule has 0 fully saturated rings. The van der Waals surface area contributed by atoms with E-state index in [-0.39, 0.29) is 0 Å². The first-order valence-electron chi connectivity index (χ1n) is 6.67. The lowest BCUT2D eigenvalue weighted by Crippen LogP contribution is -2.07. The van der Waals surface area contributed by atoms with Crippen molar-refractivity contribution in [2.24, 2.45) is 0 Å². The van der Waals surface area contributed by atoms with Crippen LogP contribution < -0.4 is 5.32 Å². The van der Waals surface area contributed by atoms with E-state index < -0.39 is 11.7 Å². The Hall–Kier alpha value is -2.11. The molecule has 0 radical (unpaired) electrons. The lowest BCUT2D eigenvalue weighted by molar-refractivity contribution is -0.137. The normalized spacial score (nSPS) is 11.5. The predicted molar refractivity (Wildman–Crippen MR) is 76.0 cm³/mol. The zero-order valence-corrected chi connectivity index (χ0v) is 11.8. The number of hydrogen-bond acceptors (Lipinski definition) is 3. The van der Waals surface area contributed by atoms with Crippen molar-refractivity contribution in [2.75, 3.05) is 11.9 Å². The third-order valence-electron chi connectivity index (χ3n) is 2.87. The van der Waals surface area contributed by atoms with E-state index in [1.54, 1.807) is 19.1 Å². The molecule has 0 aliphatic rings. The Kier molecular flexibility index (Phi) is 4.45. The highest BCUT2D eigenvalue weighted by atomic mass is 19.4. The minimum Gasteiger partial charge on any atom is -0.354 e. The van der Waals surface area contributed by atoms with E-state index in [9.17, 15) is 13.2 Å². The molecule has 0 amide bonds. The zero-order chi connectivity index (χ0) is 15.5. The van der Waals surface area contributed by atoms with Crippen LogP contribution in [-0.4, -0.2) is 16.5 Å². The standard InChI is InChI=1S/C15H16F3N3/c1-3-7-19-14-20-10(2)8-13(21-14)11-5-4-6-12(9-11)15(16,17)18/h4-6,8-9H,3,7H2,1-2H3,(H,19,20,21). The van der Waals surface area contributed by atoms with Crippen LogP contribution in [0.2, 0.25) is 0 Å². The maximum absolute atomic E-state index is 12.8. The number of anilines is 1. The third-order valence-corrected chi connectivity index (χ3v) is 2.87. The Morgan fingerprint density at radius 2 is 1.90 bits per heavy atom. The van der Waals surface area contributed by atoms with Crippen LogP contribution in [-0.2, 0) is 6.18 Å². The Labute approximate surface area is 121 Å². The van der Waals surface area contributed by atoms with E-state index in [0.717, 1.165) is 18.6 Å². The van der Waals surface area contributed by atoms with Crippen LogP contribution >= 0.6 is 0 Å². The number of hydrogen-bond donors (Lipinski definition) is 1. The van der Waals surface area contributed by atoms with Gasteiger partial charge in [-0.25, -0.2) is 9.97 Å². The average molecular weight is 295 g/mol. The second kappa shape index (κ2) is 6.11. The van der Waals surface area contributed by atoms with Gasteiger partial charge in [-0.3, -0.25) is 0 Å². The third kappa shape index (κ3) is 3.93. The van der Waals surface area contributed by atoms with Crippen molar-refractivity contribution < 1.29 is 13.2 Å². The summed E-state index contributed by atoms with van der Waals surface area (Å²) in [6.07, 6.45) is -3.45. The van der Waals surface area contributed by atoms with Gasteiger partial charge >= 0.3 is 6.18 Å². The van der Waals surface area contributed by atoms with Gasteiger partial charge in [0.05, 0.1) is 11.3 Å². The molecule has 6 heteroatoms. The molecule has 0 aliphatic heterocycles. The summed E-state index contributed by atoms with van der Waals surface area (Å²) in [5, 5.41) is 3.05. The monoisotopic (exact) mass is 295 g/mol. The van der Waals surface area contributed by atoms with Crippen LogP contribution in [0.25, 0.3) is 11.3 Å². The second-order valence-electron chi connectivity index (χ2n) is 4.72. The highest BCUT2D eigenvalue weighted by Crippen LogP contribution is 2.31. The first-order chi connectivity index (χ1) is 9.90. The smallest absolute Gasteiger partial charge is 0.354 e. The van der Waals surface area contributed by atoms with E-state index in [1.807, 2.05) is 6.92 Å². The van der Waals surface area contributed by atoms with Gasteiger partial charge in [-0.2, -0.15) is 13.2 Å². The SMILES string of the molecule is CCCNc1nc(C)cc(-c2cccc(C(F)(F)F)c2)n1. The van der Waals surface area contributed by atoms with E-state index in [2.05, 4.69) is 15.3 Å². The number of halogens is 3. The number of benzene rings is 1. The molecule has 3 nitrogen and oxygen atoms in total. The number of aromatic nitrogens is 2. The largest absolute Gasteiger partial charge is 0.416 e. The quantitative estimate of drug-likeness (QED) is 0.914. The molecule has 0 saturated heterocycles. The molecule has 0 saturated carbocycles. The fraction of sp³-hybridized carbons (Fsp3) is 0.333. The van der Waals surface area contributed by atoms with Gasteiger partial charge in [-0.05, 0) is 31.5 Å². The van der Waals surface area contributed by atoms with Gasteiger partial charge in [0.2, 0.25) is 5.95 Å². The molecular weight excluding hydrogens is 279 g/mol. The van der Waals surface area contributed by atoms with Gasteiger partial charge in [-0.15, -0.1) is 0 Å². The maximum atomic E-state index is 12.8. The van der Waals surface area contributed by atoms with Crippen molar-refractivity contribution in [1.29, 1.82) is 0 Å². The lowest BCUT2D eigenvalue weighted by Gasteiger charge is -2.10. The molecule has 2 rings (SSSR count). The highest BCUT2D eigenvalue weighted by Gasteiger charge is 2.30. The maximum Gasteiger partial charge on any atom is 0.416 e. The molecule has 112 valence electrons. The van der Waals surface area contributed by atoms with Gasteiger partial charge in [0, 0.05) is 17.8 Å². The molecule has 1 aromatic heterocycles. The molecule has 0 atom stereocenters. The lowest BCUT2D eigenvalue weighted by atomic mass is 10.1. The number of rotatable bonds is 4. The molecule has 0 spiro atoms. The van der Waals surface area contributed by atoms with Crippen LogP contribution in [0.5, 0.6) is 0 Å². The molecular formula is C15H16F3N3. The minimum atomic E-state index is -4.36. The Morgan fingerprint density at radius 1 is 1.14 bits per heavy atom. The van der Waals surface area contributed by atoms with Crippen molar-refractivity contribution in [3.63, 3.8) is 0 Å². The number of aryl methyl sites for hydroxylation is 1. The highest BCUT2D eigenvalue weighted by molar-refractivity contribution is 5.62. The molecule has 1 heterocycles. The Morgan fingerprint density at radius 3 is 2.57 bits per heavy atom. The van der Waals surface area contributed by atoms with Crippen molar-refractivity contribution in [1.82, 2.24) is 9.97 Å². The summed E-state index contributed by atoms with van der Waals surface area (Å²) >= 11 is 0. The van der Waals surface area contributed by atoms with Crippen molar-refractivity contribution in [3.05, 3.63) is 41.6 Å².